The molecule has 2 aliphatic heterocycles. The van der Waals surface area contributed by atoms with Crippen molar-refractivity contribution in [3.63, 3.8) is 0 Å². The number of nitrogens with zero attached hydrogens (tertiary/aromatic N) is 1. The summed E-state index contributed by atoms with van der Waals surface area (Å²) in [5, 5.41) is 3.26. The Kier molecular flexibility index (Phi) is 2.47. The number of rotatable bonds is 0. The minimum atomic E-state index is -0.736. The van der Waals surface area contributed by atoms with Crippen molar-refractivity contribution in [2.75, 3.05) is 16.8 Å². The first kappa shape index (κ1) is 11.5. The largest absolute Gasteiger partial charge is 0.381 e. The second-order valence-electron chi connectivity index (χ2n) is 6.05. The molecule has 0 radical (unpaired) electrons. The van der Waals surface area contributed by atoms with Crippen molar-refractivity contribution in [2.24, 2.45) is 5.92 Å². The molecule has 3 atom stereocenters. The summed E-state index contributed by atoms with van der Waals surface area (Å²) in [6.07, 6.45) is 5.98. The lowest BCUT2D eigenvalue weighted by Crippen LogP contribution is -2.45. The Labute approximate surface area is 111 Å². The van der Waals surface area contributed by atoms with Gasteiger partial charge in [-0.3, -0.25) is 0 Å². The summed E-state index contributed by atoms with van der Waals surface area (Å²) in [5.74, 6) is -0.754. The lowest BCUT2D eigenvalue weighted by Gasteiger charge is -2.40. The van der Waals surface area contributed by atoms with Crippen molar-refractivity contribution in [1.82, 2.24) is 0 Å². The van der Waals surface area contributed by atoms with Gasteiger partial charge in [0.15, 0.2) is 11.6 Å². The van der Waals surface area contributed by atoms with Crippen LogP contribution in [-0.2, 0) is 0 Å². The molecular formula is C15H18F2N2. The number of fused-ring (bicyclic) bond motifs is 5. The van der Waals surface area contributed by atoms with Gasteiger partial charge in [-0.05, 0) is 37.3 Å². The van der Waals surface area contributed by atoms with E-state index in [9.17, 15) is 8.78 Å². The van der Waals surface area contributed by atoms with Gasteiger partial charge in [-0.25, -0.2) is 8.78 Å². The number of hydrogen-bond donors (Lipinski definition) is 1. The Balaban J connectivity index is 1.81. The van der Waals surface area contributed by atoms with Gasteiger partial charge >= 0.3 is 0 Å². The van der Waals surface area contributed by atoms with E-state index in [1.807, 2.05) is 0 Å². The number of hydrogen-bond acceptors (Lipinski definition) is 2. The standard InChI is InChI=1S/C15H18F2N2/c16-11-5-6-12-15(14(11)17)19-10(8-18-12)7-9-3-1-2-4-13(9)19/h5-6,9-10,13,18H,1-4,7-8H2. The van der Waals surface area contributed by atoms with Crippen molar-refractivity contribution in [3.05, 3.63) is 23.8 Å². The van der Waals surface area contributed by atoms with Gasteiger partial charge in [0.05, 0.1) is 5.69 Å². The highest BCUT2D eigenvalue weighted by molar-refractivity contribution is 5.74. The van der Waals surface area contributed by atoms with Crippen molar-refractivity contribution in [3.8, 4) is 0 Å². The fourth-order valence-electron chi connectivity index (χ4n) is 4.26. The highest BCUT2D eigenvalue weighted by atomic mass is 19.2. The highest BCUT2D eigenvalue weighted by Gasteiger charge is 2.45. The van der Waals surface area contributed by atoms with Gasteiger partial charge in [-0.1, -0.05) is 12.8 Å². The molecule has 3 unspecified atom stereocenters. The van der Waals surface area contributed by atoms with Crippen LogP contribution < -0.4 is 10.2 Å². The monoisotopic (exact) mass is 264 g/mol. The molecule has 19 heavy (non-hydrogen) atoms. The highest BCUT2D eigenvalue weighted by Crippen LogP contribution is 2.47. The average Bonchev–Trinajstić information content (AvgIpc) is 2.81. The van der Waals surface area contributed by atoms with Crippen LogP contribution in [0.3, 0.4) is 0 Å². The van der Waals surface area contributed by atoms with Crippen LogP contribution >= 0.6 is 0 Å². The van der Waals surface area contributed by atoms with Gasteiger partial charge in [0, 0.05) is 18.6 Å². The molecule has 0 aromatic heterocycles. The lowest BCUT2D eigenvalue weighted by atomic mass is 9.85. The minimum Gasteiger partial charge on any atom is -0.381 e. The molecule has 0 spiro atoms. The van der Waals surface area contributed by atoms with Crippen LogP contribution in [-0.4, -0.2) is 18.6 Å². The zero-order valence-corrected chi connectivity index (χ0v) is 10.8. The van der Waals surface area contributed by atoms with E-state index in [1.54, 1.807) is 6.07 Å². The first-order valence-corrected chi connectivity index (χ1v) is 7.26. The third-order valence-corrected chi connectivity index (χ3v) is 5.05. The number of nitrogens with one attached hydrogen (secondary N) is 1. The first-order chi connectivity index (χ1) is 9.25. The van der Waals surface area contributed by atoms with Gasteiger partial charge in [0.1, 0.15) is 5.69 Å². The molecule has 2 heterocycles. The molecule has 1 aromatic carbocycles. The van der Waals surface area contributed by atoms with Crippen LogP contribution in [0.4, 0.5) is 20.2 Å². The molecule has 4 rings (SSSR count). The Morgan fingerprint density at radius 2 is 2.00 bits per heavy atom. The van der Waals surface area contributed by atoms with E-state index < -0.39 is 11.6 Å². The van der Waals surface area contributed by atoms with Crippen molar-refractivity contribution >= 4 is 11.4 Å². The van der Waals surface area contributed by atoms with Gasteiger partial charge in [0.2, 0.25) is 0 Å². The van der Waals surface area contributed by atoms with Crippen molar-refractivity contribution in [1.29, 1.82) is 0 Å². The first-order valence-electron chi connectivity index (χ1n) is 7.26. The van der Waals surface area contributed by atoms with E-state index in [4.69, 9.17) is 0 Å². The fraction of sp³-hybridized carbons (Fsp3) is 0.600. The zero-order chi connectivity index (χ0) is 13.0. The van der Waals surface area contributed by atoms with E-state index in [-0.39, 0.29) is 0 Å². The molecule has 1 aliphatic carbocycles. The van der Waals surface area contributed by atoms with Crippen LogP contribution in [0.2, 0.25) is 0 Å². The number of anilines is 2. The van der Waals surface area contributed by atoms with Gasteiger partial charge in [0.25, 0.3) is 0 Å². The van der Waals surface area contributed by atoms with Crippen LogP contribution in [0, 0.1) is 17.6 Å². The molecule has 1 aromatic rings. The predicted molar refractivity (Wildman–Crippen MR) is 71.5 cm³/mol. The number of halogens is 2. The average molecular weight is 264 g/mol. The summed E-state index contributed by atoms with van der Waals surface area (Å²) in [7, 11) is 0. The second-order valence-corrected chi connectivity index (χ2v) is 6.05. The molecule has 0 bridgehead atoms. The summed E-state index contributed by atoms with van der Waals surface area (Å²) in [6, 6.07) is 3.63. The SMILES string of the molecule is Fc1ccc2c(c1F)N1C(CN2)CC2CCCCC21. The maximum atomic E-state index is 14.2. The molecule has 3 aliphatic rings. The third-order valence-electron chi connectivity index (χ3n) is 5.05. The summed E-state index contributed by atoms with van der Waals surface area (Å²) in [4.78, 5) is 2.19. The molecule has 4 heteroatoms. The Bertz CT molecular complexity index is 517. The molecule has 1 saturated carbocycles. The van der Waals surface area contributed by atoms with Crippen LogP contribution in [0.25, 0.3) is 0 Å². The smallest absolute Gasteiger partial charge is 0.184 e. The summed E-state index contributed by atoms with van der Waals surface area (Å²) < 4.78 is 27.8. The molecule has 1 N–H and O–H groups in total. The van der Waals surface area contributed by atoms with Crippen molar-refractivity contribution < 1.29 is 8.78 Å². The van der Waals surface area contributed by atoms with E-state index in [1.165, 1.54) is 25.3 Å². The quantitative estimate of drug-likeness (QED) is 0.771. The minimum absolute atomic E-state index is 0.330. The Morgan fingerprint density at radius 1 is 1.16 bits per heavy atom. The van der Waals surface area contributed by atoms with Crippen LogP contribution in [0.1, 0.15) is 32.1 Å². The maximum Gasteiger partial charge on any atom is 0.184 e. The topological polar surface area (TPSA) is 15.3 Å². The lowest BCUT2D eigenvalue weighted by molar-refractivity contribution is 0.340. The Hall–Kier alpha value is -1.32. The summed E-state index contributed by atoms with van der Waals surface area (Å²) in [5.41, 5.74) is 1.23. The third kappa shape index (κ3) is 1.58. The Morgan fingerprint density at radius 3 is 2.89 bits per heavy atom. The summed E-state index contributed by atoms with van der Waals surface area (Å²) >= 11 is 0. The zero-order valence-electron chi connectivity index (χ0n) is 10.8. The van der Waals surface area contributed by atoms with Crippen LogP contribution in [0.5, 0.6) is 0 Å². The molecular weight excluding hydrogens is 246 g/mol. The van der Waals surface area contributed by atoms with Gasteiger partial charge in [-0.2, -0.15) is 0 Å². The van der Waals surface area contributed by atoms with E-state index in [2.05, 4.69) is 10.2 Å². The van der Waals surface area contributed by atoms with Gasteiger partial charge in [-0.15, -0.1) is 0 Å². The molecule has 102 valence electrons. The van der Waals surface area contributed by atoms with E-state index >= 15 is 0 Å². The maximum absolute atomic E-state index is 14.2. The van der Waals surface area contributed by atoms with Crippen LogP contribution in [0.15, 0.2) is 12.1 Å². The predicted octanol–water partition coefficient (Wildman–Crippen LogP) is 3.53. The fourth-order valence-corrected chi connectivity index (χ4v) is 4.26. The molecule has 2 nitrogen and oxygen atoms in total. The van der Waals surface area contributed by atoms with Crippen molar-refractivity contribution in [2.45, 2.75) is 44.2 Å². The summed E-state index contributed by atoms with van der Waals surface area (Å²) in [6.45, 7) is 0.852. The normalized spacial score (nSPS) is 32.3. The van der Waals surface area contributed by atoms with E-state index in [0.717, 1.165) is 25.1 Å². The second kappa shape index (κ2) is 4.09. The number of benzene rings is 1. The molecule has 2 fully saturated rings. The van der Waals surface area contributed by atoms with Gasteiger partial charge < -0.3 is 10.2 Å². The van der Waals surface area contributed by atoms with E-state index in [0.29, 0.717) is 23.7 Å². The molecule has 1 saturated heterocycles. The molecule has 0 amide bonds.